The third-order valence-corrected chi connectivity index (χ3v) is 1.82. The lowest BCUT2D eigenvalue weighted by Crippen LogP contribution is -2.09. The average molecular weight is 182 g/mol. The fourth-order valence-corrected chi connectivity index (χ4v) is 1.16. The largest absolute Gasteiger partial charge is 0.384 e. The Morgan fingerprint density at radius 1 is 1.54 bits per heavy atom. The first-order valence-electron chi connectivity index (χ1n) is 3.98. The summed E-state index contributed by atoms with van der Waals surface area (Å²) in [7, 11) is 1.48. The molecule has 0 bridgehead atoms. The van der Waals surface area contributed by atoms with Gasteiger partial charge in [-0.15, -0.1) is 0 Å². The summed E-state index contributed by atoms with van der Waals surface area (Å²) in [5, 5.41) is 0. The van der Waals surface area contributed by atoms with Gasteiger partial charge in [0.1, 0.15) is 12.1 Å². The first kappa shape index (κ1) is 9.86. The smallest absolute Gasteiger partial charge is 0.129 e. The maximum atomic E-state index is 13.1. The molecule has 1 unspecified atom stereocenters. The Bertz CT molecular complexity index is 286. The van der Waals surface area contributed by atoms with Crippen LogP contribution in [0.1, 0.15) is 11.5 Å². The zero-order valence-electron chi connectivity index (χ0n) is 7.37. The SMILES string of the molecule is COCC(C=O)c1ccccc1F. The number of benzene rings is 1. The number of halogens is 1. The number of carbonyl (C=O) groups excluding carboxylic acids is 1. The molecule has 0 spiro atoms. The predicted molar refractivity (Wildman–Crippen MR) is 47.1 cm³/mol. The second-order valence-corrected chi connectivity index (χ2v) is 2.72. The van der Waals surface area contributed by atoms with Crippen LogP contribution in [0.2, 0.25) is 0 Å². The zero-order valence-corrected chi connectivity index (χ0v) is 7.37. The zero-order chi connectivity index (χ0) is 9.68. The van der Waals surface area contributed by atoms with Crippen LogP contribution in [0.4, 0.5) is 4.39 Å². The summed E-state index contributed by atoms with van der Waals surface area (Å²) >= 11 is 0. The number of ether oxygens (including phenoxy) is 1. The first-order valence-corrected chi connectivity index (χ1v) is 3.98. The highest BCUT2D eigenvalue weighted by Crippen LogP contribution is 2.17. The minimum Gasteiger partial charge on any atom is -0.384 e. The number of hydrogen-bond donors (Lipinski definition) is 0. The van der Waals surface area contributed by atoms with E-state index >= 15 is 0 Å². The van der Waals surface area contributed by atoms with Gasteiger partial charge >= 0.3 is 0 Å². The van der Waals surface area contributed by atoms with Gasteiger partial charge in [-0.1, -0.05) is 18.2 Å². The quantitative estimate of drug-likeness (QED) is 0.663. The number of methoxy groups -OCH3 is 1. The lowest BCUT2D eigenvalue weighted by atomic mass is 10.0. The van der Waals surface area contributed by atoms with Crippen LogP contribution < -0.4 is 0 Å². The first-order chi connectivity index (χ1) is 6.29. The molecular weight excluding hydrogens is 171 g/mol. The molecule has 0 aliphatic rings. The summed E-state index contributed by atoms with van der Waals surface area (Å²) in [5.41, 5.74) is 0.388. The highest BCUT2D eigenvalue weighted by molar-refractivity contribution is 5.62. The minimum atomic E-state index is -0.508. The third-order valence-electron chi connectivity index (χ3n) is 1.82. The summed E-state index contributed by atoms with van der Waals surface area (Å²) in [6, 6.07) is 6.22. The van der Waals surface area contributed by atoms with Gasteiger partial charge < -0.3 is 9.53 Å². The van der Waals surface area contributed by atoms with Gasteiger partial charge in [0.15, 0.2) is 0 Å². The lowest BCUT2D eigenvalue weighted by Gasteiger charge is -2.09. The molecule has 0 radical (unpaired) electrons. The van der Waals surface area contributed by atoms with Gasteiger partial charge in [-0.25, -0.2) is 4.39 Å². The van der Waals surface area contributed by atoms with Crippen molar-refractivity contribution in [2.75, 3.05) is 13.7 Å². The van der Waals surface area contributed by atoms with Gasteiger partial charge in [-0.05, 0) is 6.07 Å². The number of rotatable bonds is 4. The summed E-state index contributed by atoms with van der Waals surface area (Å²) in [6.45, 7) is 0.213. The Morgan fingerprint density at radius 3 is 2.77 bits per heavy atom. The molecule has 2 nitrogen and oxygen atoms in total. The molecule has 1 aromatic carbocycles. The Morgan fingerprint density at radius 2 is 2.23 bits per heavy atom. The van der Waals surface area contributed by atoms with Crippen LogP contribution in [0.3, 0.4) is 0 Å². The molecule has 1 atom stereocenters. The van der Waals surface area contributed by atoms with Gasteiger partial charge in [-0.2, -0.15) is 0 Å². The van der Waals surface area contributed by atoms with E-state index in [4.69, 9.17) is 4.74 Å². The van der Waals surface area contributed by atoms with E-state index in [2.05, 4.69) is 0 Å². The summed E-state index contributed by atoms with van der Waals surface area (Å²) in [6.07, 6.45) is 0.696. The predicted octanol–water partition coefficient (Wildman–Crippen LogP) is 1.75. The van der Waals surface area contributed by atoms with Crippen molar-refractivity contribution in [2.45, 2.75) is 5.92 Å². The van der Waals surface area contributed by atoms with Crippen LogP contribution in [0.5, 0.6) is 0 Å². The van der Waals surface area contributed by atoms with E-state index in [9.17, 15) is 9.18 Å². The lowest BCUT2D eigenvalue weighted by molar-refractivity contribution is -0.110. The van der Waals surface area contributed by atoms with Crippen molar-refractivity contribution in [3.63, 3.8) is 0 Å². The highest BCUT2D eigenvalue weighted by Gasteiger charge is 2.13. The van der Waals surface area contributed by atoms with Crippen LogP contribution in [-0.4, -0.2) is 20.0 Å². The fourth-order valence-electron chi connectivity index (χ4n) is 1.16. The molecule has 0 N–H and O–H groups in total. The second-order valence-electron chi connectivity index (χ2n) is 2.72. The van der Waals surface area contributed by atoms with Crippen molar-refractivity contribution in [3.8, 4) is 0 Å². The molecular formula is C10H11FO2. The molecule has 1 rings (SSSR count). The van der Waals surface area contributed by atoms with E-state index in [1.165, 1.54) is 13.2 Å². The molecule has 0 aromatic heterocycles. The Balaban J connectivity index is 2.90. The summed E-state index contributed by atoms with van der Waals surface area (Å²) < 4.78 is 17.9. The number of carbonyl (C=O) groups is 1. The van der Waals surface area contributed by atoms with Gasteiger partial charge in [-0.3, -0.25) is 0 Å². The van der Waals surface area contributed by atoms with E-state index in [-0.39, 0.29) is 12.4 Å². The monoisotopic (exact) mass is 182 g/mol. The summed E-state index contributed by atoms with van der Waals surface area (Å²) in [4.78, 5) is 10.6. The van der Waals surface area contributed by atoms with Gasteiger partial charge in [0.25, 0.3) is 0 Å². The molecule has 0 saturated heterocycles. The molecule has 70 valence electrons. The van der Waals surface area contributed by atoms with Crippen LogP contribution in [-0.2, 0) is 9.53 Å². The maximum absolute atomic E-state index is 13.1. The normalized spacial score (nSPS) is 12.5. The molecule has 0 heterocycles. The topological polar surface area (TPSA) is 26.3 Å². The molecule has 3 heteroatoms. The van der Waals surface area contributed by atoms with E-state index in [0.29, 0.717) is 11.8 Å². The molecule has 0 amide bonds. The minimum absolute atomic E-state index is 0.213. The van der Waals surface area contributed by atoms with Crippen molar-refractivity contribution >= 4 is 6.29 Å². The Labute approximate surface area is 76.3 Å². The summed E-state index contributed by atoms with van der Waals surface area (Å²) in [5.74, 6) is -0.872. The van der Waals surface area contributed by atoms with E-state index in [1.807, 2.05) is 0 Å². The van der Waals surface area contributed by atoms with E-state index in [1.54, 1.807) is 18.2 Å². The van der Waals surface area contributed by atoms with Crippen LogP contribution in [0.25, 0.3) is 0 Å². The van der Waals surface area contributed by atoms with Crippen molar-refractivity contribution in [3.05, 3.63) is 35.6 Å². The van der Waals surface area contributed by atoms with Crippen LogP contribution in [0, 0.1) is 5.82 Å². The van der Waals surface area contributed by atoms with Crippen molar-refractivity contribution < 1.29 is 13.9 Å². The standard InChI is InChI=1S/C10H11FO2/c1-13-7-8(6-12)9-4-2-3-5-10(9)11/h2-6,8H,7H2,1H3. The number of hydrogen-bond acceptors (Lipinski definition) is 2. The van der Waals surface area contributed by atoms with Crippen molar-refractivity contribution in [1.82, 2.24) is 0 Å². The van der Waals surface area contributed by atoms with Gasteiger partial charge in [0.2, 0.25) is 0 Å². The number of aldehydes is 1. The van der Waals surface area contributed by atoms with Crippen LogP contribution >= 0.6 is 0 Å². The van der Waals surface area contributed by atoms with Gasteiger partial charge in [0.05, 0.1) is 12.5 Å². The van der Waals surface area contributed by atoms with Gasteiger partial charge in [0, 0.05) is 12.7 Å². The average Bonchev–Trinajstić information content (AvgIpc) is 2.16. The Kier molecular flexibility index (Phi) is 3.58. The van der Waals surface area contributed by atoms with Crippen LogP contribution in [0.15, 0.2) is 24.3 Å². The molecule has 13 heavy (non-hydrogen) atoms. The molecule has 1 aromatic rings. The van der Waals surface area contributed by atoms with E-state index in [0.717, 1.165) is 0 Å². The van der Waals surface area contributed by atoms with Crippen molar-refractivity contribution in [2.24, 2.45) is 0 Å². The second kappa shape index (κ2) is 4.72. The van der Waals surface area contributed by atoms with Crippen molar-refractivity contribution in [1.29, 1.82) is 0 Å². The Hall–Kier alpha value is -1.22. The maximum Gasteiger partial charge on any atom is 0.129 e. The molecule has 0 fully saturated rings. The van der Waals surface area contributed by atoms with E-state index < -0.39 is 5.92 Å². The molecule has 0 aliphatic carbocycles. The highest BCUT2D eigenvalue weighted by atomic mass is 19.1. The molecule has 0 aliphatic heterocycles. The fraction of sp³-hybridized carbons (Fsp3) is 0.300. The third kappa shape index (κ3) is 2.36. The molecule has 0 saturated carbocycles.